The molecule has 0 aromatic heterocycles. The van der Waals surface area contributed by atoms with Crippen molar-refractivity contribution >= 4 is 5.71 Å². The Kier molecular flexibility index (Phi) is 13.8. The van der Waals surface area contributed by atoms with E-state index in [0.717, 1.165) is 73.7 Å². The van der Waals surface area contributed by atoms with Crippen LogP contribution in [0.5, 0.6) is 11.5 Å². The fourth-order valence-electron chi connectivity index (χ4n) is 3.50. The standard InChI is InChI=1S/C27H41N3O4/c1-22-21-24(26(30-28-2)7-4-17-31)10-13-27(22)34-19-6-16-29-15-5-18-33-25-11-8-23(9-12-25)14-20-32-3/h8-13,21,28-29,31H,4-7,14-20H2,1-3H3/b30-26+. The van der Waals surface area contributed by atoms with Crippen LogP contribution >= 0.6 is 0 Å². The van der Waals surface area contributed by atoms with E-state index in [0.29, 0.717) is 19.6 Å². The van der Waals surface area contributed by atoms with Crippen LogP contribution in [0.2, 0.25) is 0 Å². The maximum Gasteiger partial charge on any atom is 0.122 e. The average molecular weight is 472 g/mol. The first-order valence-electron chi connectivity index (χ1n) is 12.2. The van der Waals surface area contributed by atoms with Crippen molar-refractivity contribution in [2.75, 3.05) is 53.7 Å². The van der Waals surface area contributed by atoms with E-state index in [4.69, 9.17) is 19.3 Å². The normalized spacial score (nSPS) is 11.5. The molecule has 0 unspecified atom stereocenters. The Labute approximate surface area is 204 Å². The van der Waals surface area contributed by atoms with Crippen molar-refractivity contribution in [1.82, 2.24) is 10.7 Å². The molecule has 0 heterocycles. The van der Waals surface area contributed by atoms with Gasteiger partial charge in [0.1, 0.15) is 11.5 Å². The van der Waals surface area contributed by atoms with Gasteiger partial charge in [-0.05, 0) is 99.1 Å². The monoisotopic (exact) mass is 471 g/mol. The van der Waals surface area contributed by atoms with Crippen LogP contribution in [0.25, 0.3) is 0 Å². The van der Waals surface area contributed by atoms with Crippen LogP contribution in [0.4, 0.5) is 0 Å². The van der Waals surface area contributed by atoms with Gasteiger partial charge < -0.3 is 30.1 Å². The molecule has 0 aliphatic carbocycles. The van der Waals surface area contributed by atoms with Crippen molar-refractivity contribution in [2.45, 2.75) is 39.0 Å². The van der Waals surface area contributed by atoms with E-state index in [1.54, 1.807) is 14.2 Å². The maximum atomic E-state index is 9.10. The van der Waals surface area contributed by atoms with E-state index in [-0.39, 0.29) is 6.61 Å². The first kappa shape index (κ1) is 27.6. The minimum absolute atomic E-state index is 0.160. The number of hydrogen-bond acceptors (Lipinski definition) is 7. The predicted molar refractivity (Wildman–Crippen MR) is 138 cm³/mol. The highest BCUT2D eigenvalue weighted by atomic mass is 16.5. The van der Waals surface area contributed by atoms with E-state index in [2.05, 4.69) is 34.0 Å². The molecule has 0 saturated carbocycles. The Morgan fingerprint density at radius 2 is 1.68 bits per heavy atom. The molecule has 188 valence electrons. The van der Waals surface area contributed by atoms with Crippen molar-refractivity contribution < 1.29 is 19.3 Å². The molecule has 34 heavy (non-hydrogen) atoms. The van der Waals surface area contributed by atoms with E-state index in [9.17, 15) is 0 Å². The lowest BCUT2D eigenvalue weighted by molar-refractivity contribution is 0.202. The second-order valence-electron chi connectivity index (χ2n) is 8.13. The van der Waals surface area contributed by atoms with Gasteiger partial charge in [0.2, 0.25) is 0 Å². The van der Waals surface area contributed by atoms with Crippen molar-refractivity contribution in [1.29, 1.82) is 0 Å². The highest BCUT2D eigenvalue weighted by molar-refractivity contribution is 6.00. The third-order valence-corrected chi connectivity index (χ3v) is 5.37. The third kappa shape index (κ3) is 10.5. The topological polar surface area (TPSA) is 84.3 Å². The minimum Gasteiger partial charge on any atom is -0.494 e. The summed E-state index contributed by atoms with van der Waals surface area (Å²) in [5, 5.41) is 16.9. The number of aliphatic hydroxyl groups excluding tert-OH is 1. The average Bonchev–Trinajstić information content (AvgIpc) is 2.85. The van der Waals surface area contributed by atoms with Gasteiger partial charge in [0.05, 0.1) is 25.5 Å². The molecule has 0 aliphatic rings. The molecule has 2 aromatic carbocycles. The molecule has 7 nitrogen and oxygen atoms in total. The largest absolute Gasteiger partial charge is 0.494 e. The Balaban J connectivity index is 1.58. The zero-order valence-electron chi connectivity index (χ0n) is 20.9. The number of benzene rings is 2. The highest BCUT2D eigenvalue weighted by Gasteiger charge is 2.07. The van der Waals surface area contributed by atoms with Gasteiger partial charge in [-0.15, -0.1) is 0 Å². The van der Waals surface area contributed by atoms with Crippen LogP contribution in [0, 0.1) is 6.92 Å². The van der Waals surface area contributed by atoms with Gasteiger partial charge in [0, 0.05) is 20.8 Å². The summed E-state index contributed by atoms with van der Waals surface area (Å²) in [5.74, 6) is 1.81. The molecule has 0 aliphatic heterocycles. The lowest BCUT2D eigenvalue weighted by atomic mass is 10.0. The first-order valence-corrected chi connectivity index (χ1v) is 12.2. The lowest BCUT2D eigenvalue weighted by Crippen LogP contribution is -2.20. The van der Waals surface area contributed by atoms with Crippen LogP contribution in [0.1, 0.15) is 42.4 Å². The quantitative estimate of drug-likeness (QED) is 0.175. The summed E-state index contributed by atoms with van der Waals surface area (Å²) in [6.07, 6.45) is 4.24. The number of methoxy groups -OCH3 is 1. The zero-order valence-corrected chi connectivity index (χ0v) is 20.9. The van der Waals surface area contributed by atoms with Crippen LogP contribution in [0.15, 0.2) is 47.6 Å². The highest BCUT2D eigenvalue weighted by Crippen LogP contribution is 2.21. The van der Waals surface area contributed by atoms with Gasteiger partial charge in [-0.25, -0.2) is 0 Å². The molecular formula is C27H41N3O4. The molecule has 0 radical (unpaired) electrons. The maximum absolute atomic E-state index is 9.10. The van der Waals surface area contributed by atoms with Gasteiger partial charge in [0.25, 0.3) is 0 Å². The smallest absolute Gasteiger partial charge is 0.122 e. The van der Waals surface area contributed by atoms with E-state index in [1.165, 1.54) is 5.56 Å². The molecule has 3 N–H and O–H groups in total. The summed E-state index contributed by atoms with van der Waals surface area (Å²) in [5.41, 5.74) is 7.19. The Morgan fingerprint density at radius 3 is 2.32 bits per heavy atom. The first-order chi connectivity index (χ1) is 16.7. The summed E-state index contributed by atoms with van der Waals surface area (Å²) >= 11 is 0. The molecule has 0 bridgehead atoms. The van der Waals surface area contributed by atoms with Crippen LogP contribution in [0.3, 0.4) is 0 Å². The summed E-state index contributed by atoms with van der Waals surface area (Å²) in [6.45, 7) is 6.14. The number of nitrogens with one attached hydrogen (secondary N) is 2. The summed E-state index contributed by atoms with van der Waals surface area (Å²) in [7, 11) is 3.51. The third-order valence-electron chi connectivity index (χ3n) is 5.37. The molecule has 0 spiro atoms. The minimum atomic E-state index is 0.160. The van der Waals surface area contributed by atoms with E-state index in [1.807, 2.05) is 31.2 Å². The SMILES string of the molecule is CN/N=C(\CCCO)c1ccc(OCCCNCCCOc2ccc(CCOC)cc2)c(C)c1. The molecule has 2 rings (SSSR count). The van der Waals surface area contributed by atoms with Crippen LogP contribution in [-0.2, 0) is 11.2 Å². The summed E-state index contributed by atoms with van der Waals surface area (Å²) in [6, 6.07) is 14.4. The van der Waals surface area contributed by atoms with E-state index < -0.39 is 0 Å². The predicted octanol–water partition coefficient (Wildman–Crippen LogP) is 3.71. The Bertz CT molecular complexity index is 840. The number of nitrogens with zero attached hydrogens (tertiary/aromatic N) is 1. The number of hydrazone groups is 1. The molecule has 0 amide bonds. The molecule has 0 saturated heterocycles. The fourth-order valence-corrected chi connectivity index (χ4v) is 3.50. The zero-order chi connectivity index (χ0) is 24.4. The van der Waals surface area contributed by atoms with Crippen LogP contribution in [-0.4, -0.2) is 64.5 Å². The molecule has 2 aromatic rings. The lowest BCUT2D eigenvalue weighted by Gasteiger charge is -2.12. The van der Waals surface area contributed by atoms with Crippen molar-refractivity contribution in [2.24, 2.45) is 5.10 Å². The number of rotatable bonds is 18. The van der Waals surface area contributed by atoms with Gasteiger partial charge in [0.15, 0.2) is 0 Å². The molecule has 7 heteroatoms. The second-order valence-corrected chi connectivity index (χ2v) is 8.13. The Hall–Kier alpha value is -2.61. The Morgan fingerprint density at radius 1 is 0.941 bits per heavy atom. The van der Waals surface area contributed by atoms with Gasteiger partial charge in [-0.1, -0.05) is 12.1 Å². The number of hydrogen-bond donors (Lipinski definition) is 3. The molecule has 0 fully saturated rings. The summed E-state index contributed by atoms with van der Waals surface area (Å²) < 4.78 is 16.9. The summed E-state index contributed by atoms with van der Waals surface area (Å²) in [4.78, 5) is 0. The van der Waals surface area contributed by atoms with Crippen molar-refractivity contribution in [3.8, 4) is 11.5 Å². The van der Waals surface area contributed by atoms with Crippen molar-refractivity contribution in [3.63, 3.8) is 0 Å². The number of ether oxygens (including phenoxy) is 3. The van der Waals surface area contributed by atoms with Gasteiger partial charge >= 0.3 is 0 Å². The number of aryl methyl sites for hydroxylation is 1. The molecule has 0 atom stereocenters. The number of aliphatic hydroxyl groups is 1. The molecular weight excluding hydrogens is 430 g/mol. The fraction of sp³-hybridized carbons (Fsp3) is 0.519. The van der Waals surface area contributed by atoms with Gasteiger partial charge in [-0.3, -0.25) is 0 Å². The van der Waals surface area contributed by atoms with Crippen molar-refractivity contribution in [3.05, 3.63) is 59.2 Å². The van der Waals surface area contributed by atoms with Gasteiger partial charge in [-0.2, -0.15) is 5.10 Å². The van der Waals surface area contributed by atoms with E-state index >= 15 is 0 Å². The van der Waals surface area contributed by atoms with Crippen LogP contribution < -0.4 is 20.2 Å². The second kappa shape index (κ2) is 16.9.